The number of hydrogen-bond donors (Lipinski definition) is 0. The van der Waals surface area contributed by atoms with E-state index in [1.54, 1.807) is 0 Å². The number of aryl methyl sites for hydroxylation is 1. The summed E-state index contributed by atoms with van der Waals surface area (Å²) in [5.74, 6) is 0.0894. The smallest absolute Gasteiger partial charge is 0.275 e. The van der Waals surface area contributed by atoms with Crippen molar-refractivity contribution in [1.29, 1.82) is 0 Å². The zero-order valence-electron chi connectivity index (χ0n) is 12.3. The fourth-order valence-corrected chi connectivity index (χ4v) is 3.54. The molecule has 3 rings (SSSR count). The molecule has 0 fully saturated rings. The maximum Gasteiger partial charge on any atom is 0.275 e. The van der Waals surface area contributed by atoms with Crippen LogP contribution in [0.25, 0.3) is 0 Å². The molecule has 3 nitrogen and oxygen atoms in total. The van der Waals surface area contributed by atoms with Gasteiger partial charge in [0.1, 0.15) is 5.69 Å². The molecule has 1 unspecified atom stereocenters. The molecule has 1 aromatic carbocycles. The second kappa shape index (κ2) is 5.68. The number of carbonyl (C=O) groups excluding carboxylic acids is 1. The Balaban J connectivity index is 1.99. The van der Waals surface area contributed by atoms with Crippen molar-refractivity contribution in [3.05, 3.63) is 52.3 Å². The van der Waals surface area contributed by atoms with Crippen molar-refractivity contribution in [1.82, 2.24) is 4.57 Å². The minimum atomic E-state index is 0.0894. The molecule has 0 spiro atoms. The molecule has 4 heteroatoms. The summed E-state index contributed by atoms with van der Waals surface area (Å²) in [5, 5.41) is 0. The number of carbonyl (C=O) groups is 1. The number of rotatable bonds is 3. The van der Waals surface area contributed by atoms with Crippen LogP contribution < -0.4 is 4.90 Å². The van der Waals surface area contributed by atoms with Crippen LogP contribution in [0, 0.1) is 0 Å². The van der Waals surface area contributed by atoms with Crippen molar-refractivity contribution in [3.8, 4) is 0 Å². The van der Waals surface area contributed by atoms with Crippen LogP contribution in [-0.4, -0.2) is 16.5 Å². The Morgan fingerprint density at radius 1 is 1.38 bits per heavy atom. The molecule has 0 radical (unpaired) electrons. The van der Waals surface area contributed by atoms with Crippen molar-refractivity contribution in [3.63, 3.8) is 0 Å². The van der Waals surface area contributed by atoms with Gasteiger partial charge in [-0.15, -0.1) is 0 Å². The molecule has 2 heterocycles. The zero-order chi connectivity index (χ0) is 15.0. The number of nitrogens with zero attached hydrogens (tertiary/aromatic N) is 2. The van der Waals surface area contributed by atoms with Crippen LogP contribution in [0.3, 0.4) is 0 Å². The van der Waals surface area contributed by atoms with Crippen molar-refractivity contribution in [2.45, 2.75) is 39.3 Å². The summed E-state index contributed by atoms with van der Waals surface area (Å²) < 4.78 is 3.00. The average Bonchev–Trinajstić information content (AvgIpc) is 2.98. The quantitative estimate of drug-likeness (QED) is 0.815. The number of hydrogen-bond acceptors (Lipinski definition) is 1. The Morgan fingerprint density at radius 2 is 2.14 bits per heavy atom. The van der Waals surface area contributed by atoms with Crippen LogP contribution >= 0.6 is 15.9 Å². The number of anilines is 1. The Bertz CT molecular complexity index is 677. The molecule has 0 saturated carbocycles. The first-order chi connectivity index (χ1) is 10.1. The predicted molar refractivity (Wildman–Crippen MR) is 88.8 cm³/mol. The second-order valence-corrected chi connectivity index (χ2v) is 6.51. The van der Waals surface area contributed by atoms with Gasteiger partial charge in [-0.1, -0.05) is 25.1 Å². The van der Waals surface area contributed by atoms with Gasteiger partial charge in [-0.3, -0.25) is 4.79 Å². The molecule has 0 N–H and O–H groups in total. The summed E-state index contributed by atoms with van der Waals surface area (Å²) in [5.41, 5.74) is 3.06. The van der Waals surface area contributed by atoms with Crippen molar-refractivity contribution < 1.29 is 4.79 Å². The van der Waals surface area contributed by atoms with Crippen LogP contribution in [0.2, 0.25) is 0 Å². The first-order valence-corrected chi connectivity index (χ1v) is 8.18. The van der Waals surface area contributed by atoms with Crippen LogP contribution in [0.5, 0.6) is 0 Å². The third-order valence-electron chi connectivity index (χ3n) is 3.97. The average molecular weight is 347 g/mol. The highest BCUT2D eigenvalue weighted by atomic mass is 79.9. The number of aromatic nitrogens is 1. The molecule has 0 aliphatic carbocycles. The van der Waals surface area contributed by atoms with Gasteiger partial charge < -0.3 is 9.47 Å². The lowest BCUT2D eigenvalue weighted by Gasteiger charge is -2.23. The first-order valence-electron chi connectivity index (χ1n) is 7.39. The fourth-order valence-electron chi connectivity index (χ4n) is 3.08. The van der Waals surface area contributed by atoms with E-state index < -0.39 is 0 Å². The van der Waals surface area contributed by atoms with Gasteiger partial charge in [0.2, 0.25) is 0 Å². The van der Waals surface area contributed by atoms with Crippen molar-refractivity contribution in [2.24, 2.45) is 0 Å². The molecule has 110 valence electrons. The van der Waals surface area contributed by atoms with E-state index in [0.29, 0.717) is 0 Å². The zero-order valence-corrected chi connectivity index (χ0v) is 13.9. The molecule has 2 aromatic rings. The summed E-state index contributed by atoms with van der Waals surface area (Å²) in [6, 6.07) is 10.3. The lowest BCUT2D eigenvalue weighted by atomic mass is 10.1. The molecule has 0 saturated heterocycles. The summed E-state index contributed by atoms with van der Waals surface area (Å²) in [6.07, 6.45) is 3.93. The fraction of sp³-hybridized carbons (Fsp3) is 0.353. The third-order valence-corrected chi connectivity index (χ3v) is 4.41. The van der Waals surface area contributed by atoms with E-state index in [9.17, 15) is 4.79 Å². The summed E-state index contributed by atoms with van der Waals surface area (Å²) >= 11 is 3.49. The molecule has 1 amide bonds. The molecule has 1 aliphatic rings. The van der Waals surface area contributed by atoms with E-state index in [2.05, 4.69) is 35.8 Å². The van der Waals surface area contributed by atoms with E-state index in [4.69, 9.17) is 0 Å². The maximum atomic E-state index is 13.0. The van der Waals surface area contributed by atoms with E-state index in [-0.39, 0.29) is 11.9 Å². The molecule has 1 aromatic heterocycles. The monoisotopic (exact) mass is 346 g/mol. The number of amides is 1. The number of para-hydroxylation sites is 1. The van der Waals surface area contributed by atoms with Gasteiger partial charge in [-0.25, -0.2) is 0 Å². The molecule has 0 bridgehead atoms. The lowest BCUT2D eigenvalue weighted by molar-refractivity contribution is 0.0972. The molecular formula is C17H19BrN2O. The van der Waals surface area contributed by atoms with Gasteiger partial charge >= 0.3 is 0 Å². The number of benzene rings is 1. The highest BCUT2D eigenvalue weighted by Crippen LogP contribution is 2.33. The minimum absolute atomic E-state index is 0.0894. The number of halogens is 1. The summed E-state index contributed by atoms with van der Waals surface area (Å²) in [6.45, 7) is 5.09. The van der Waals surface area contributed by atoms with Gasteiger partial charge in [0.25, 0.3) is 5.91 Å². The van der Waals surface area contributed by atoms with Gasteiger partial charge in [0.15, 0.2) is 0 Å². The second-order valence-electron chi connectivity index (χ2n) is 5.59. The SMILES string of the molecule is CCCn1cc(Br)cc1C(=O)N1c2ccccc2CC1C. The summed E-state index contributed by atoms with van der Waals surface area (Å²) in [4.78, 5) is 14.9. The van der Waals surface area contributed by atoms with Gasteiger partial charge in [-0.2, -0.15) is 0 Å². The van der Waals surface area contributed by atoms with E-state index in [1.165, 1.54) is 5.56 Å². The van der Waals surface area contributed by atoms with Crippen molar-refractivity contribution in [2.75, 3.05) is 4.90 Å². The number of fused-ring (bicyclic) bond motifs is 1. The van der Waals surface area contributed by atoms with Crippen LogP contribution in [0.4, 0.5) is 5.69 Å². The third kappa shape index (κ3) is 2.53. The first kappa shape index (κ1) is 14.4. The van der Waals surface area contributed by atoms with Gasteiger partial charge in [0.05, 0.1) is 0 Å². The predicted octanol–water partition coefficient (Wildman–Crippen LogP) is 4.25. The molecule has 21 heavy (non-hydrogen) atoms. The standard InChI is InChI=1S/C17H19BrN2O/c1-3-8-19-11-14(18)10-16(19)17(21)20-12(2)9-13-6-4-5-7-15(13)20/h4-7,10-12H,3,8-9H2,1-2H3. The lowest BCUT2D eigenvalue weighted by Crippen LogP contribution is -2.36. The normalized spacial score (nSPS) is 17.1. The molecular weight excluding hydrogens is 328 g/mol. The van der Waals surface area contributed by atoms with Crippen LogP contribution in [-0.2, 0) is 13.0 Å². The molecule has 1 aliphatic heterocycles. The van der Waals surface area contributed by atoms with Crippen LogP contribution in [0.1, 0.15) is 36.3 Å². The Hall–Kier alpha value is -1.55. The van der Waals surface area contributed by atoms with E-state index >= 15 is 0 Å². The van der Waals surface area contributed by atoms with Crippen molar-refractivity contribution >= 4 is 27.5 Å². The Morgan fingerprint density at radius 3 is 2.90 bits per heavy atom. The topological polar surface area (TPSA) is 25.2 Å². The Labute approximate surface area is 133 Å². The van der Waals surface area contributed by atoms with Crippen LogP contribution in [0.15, 0.2) is 41.0 Å². The summed E-state index contributed by atoms with van der Waals surface area (Å²) in [7, 11) is 0. The highest BCUT2D eigenvalue weighted by molar-refractivity contribution is 9.10. The van der Waals surface area contributed by atoms with E-state index in [1.807, 2.05) is 39.9 Å². The van der Waals surface area contributed by atoms with E-state index in [0.717, 1.165) is 35.2 Å². The van der Waals surface area contributed by atoms with Gasteiger partial charge in [-0.05, 0) is 53.4 Å². The minimum Gasteiger partial charge on any atom is -0.342 e. The molecule has 1 atom stereocenters. The Kier molecular flexibility index (Phi) is 3.89. The highest BCUT2D eigenvalue weighted by Gasteiger charge is 2.32. The van der Waals surface area contributed by atoms with Gasteiger partial charge in [0, 0.05) is 28.9 Å². The maximum absolute atomic E-state index is 13.0. The largest absolute Gasteiger partial charge is 0.342 e.